The molecule has 22 heavy (non-hydrogen) atoms. The van der Waals surface area contributed by atoms with Crippen LogP contribution in [-0.2, 0) is 34.3 Å². The molecule has 0 saturated carbocycles. The number of hydrogen-bond donors (Lipinski definition) is 0. The molecule has 0 radical (unpaired) electrons. The fraction of sp³-hybridized carbons (Fsp3) is 0.231. The fourth-order valence-electron chi connectivity index (χ4n) is 1.92. The van der Waals surface area contributed by atoms with E-state index in [1.54, 1.807) is 6.92 Å². The second-order valence-electron chi connectivity index (χ2n) is 4.39. The van der Waals surface area contributed by atoms with Crippen molar-refractivity contribution >= 4 is 11.6 Å². The van der Waals surface area contributed by atoms with Crippen molar-refractivity contribution in [1.29, 1.82) is 0 Å². The maximum Gasteiger partial charge on any atom is 0.431 e. The molecule has 0 fully saturated rings. The van der Waals surface area contributed by atoms with Crippen LogP contribution >= 0.6 is 11.6 Å². The molecule has 0 aliphatic heterocycles. The molecule has 4 nitrogen and oxygen atoms in total. The zero-order chi connectivity index (χ0) is 15.9. The third-order valence-corrected chi connectivity index (χ3v) is 3.16. The minimum absolute atomic E-state index is 0. The molecule has 118 valence electrons. The number of alkyl halides is 3. The van der Waals surface area contributed by atoms with E-state index in [-0.39, 0.29) is 31.8 Å². The Labute approximate surface area is 142 Å². The molecule has 1 aromatic carbocycles. The normalized spacial score (nSPS) is 11.2. The van der Waals surface area contributed by atoms with Gasteiger partial charge in [0, 0.05) is 34.2 Å². The second-order valence-corrected chi connectivity index (χ2v) is 4.80. The van der Waals surface area contributed by atoms with Gasteiger partial charge in [-0.1, -0.05) is 17.6 Å². The number of nitrogens with zero attached hydrogens (tertiary/aromatic N) is 2. The van der Waals surface area contributed by atoms with Crippen molar-refractivity contribution in [3.63, 3.8) is 0 Å². The summed E-state index contributed by atoms with van der Waals surface area (Å²) in [5.41, 5.74) is -2.85. The summed E-state index contributed by atoms with van der Waals surface area (Å²) in [4.78, 5) is 24.0. The number of halogens is 4. The Morgan fingerprint density at radius 2 is 1.82 bits per heavy atom. The number of hydrogen-bond acceptors (Lipinski definition) is 2. The van der Waals surface area contributed by atoms with Crippen LogP contribution in [0.15, 0.2) is 27.8 Å². The molecule has 0 aliphatic carbocycles. The average Bonchev–Trinajstić information content (AvgIpc) is 2.35. The van der Waals surface area contributed by atoms with Crippen LogP contribution in [0.2, 0.25) is 5.02 Å². The van der Waals surface area contributed by atoms with E-state index in [0.717, 1.165) is 7.05 Å². The number of benzene rings is 1. The topological polar surface area (TPSA) is 44.0 Å². The summed E-state index contributed by atoms with van der Waals surface area (Å²) in [6.45, 7) is 1.58. The zero-order valence-corrected chi connectivity index (χ0v) is 15.1. The van der Waals surface area contributed by atoms with Crippen LogP contribution in [0, 0.1) is 13.0 Å². The number of aryl methyl sites for hydroxylation is 1. The molecule has 2 aromatic rings. The van der Waals surface area contributed by atoms with Gasteiger partial charge in [-0.2, -0.15) is 25.3 Å². The van der Waals surface area contributed by atoms with Crippen molar-refractivity contribution in [2.75, 3.05) is 0 Å². The summed E-state index contributed by atoms with van der Waals surface area (Å²) in [7, 11) is 0.954. The van der Waals surface area contributed by atoms with E-state index in [2.05, 4.69) is 6.07 Å². The van der Waals surface area contributed by atoms with Crippen LogP contribution in [0.3, 0.4) is 0 Å². The van der Waals surface area contributed by atoms with Gasteiger partial charge >= 0.3 is 11.9 Å². The van der Waals surface area contributed by atoms with Crippen molar-refractivity contribution in [2.45, 2.75) is 13.1 Å². The molecule has 0 atom stereocenters. The quantitative estimate of drug-likeness (QED) is 0.564. The van der Waals surface area contributed by atoms with Crippen molar-refractivity contribution in [3.8, 4) is 5.69 Å². The Bertz CT molecular complexity index is 828. The van der Waals surface area contributed by atoms with Gasteiger partial charge in [-0.25, -0.2) is 4.79 Å². The van der Waals surface area contributed by atoms with Gasteiger partial charge in [0.05, 0.1) is 0 Å². The molecule has 0 aliphatic rings. The van der Waals surface area contributed by atoms with Crippen molar-refractivity contribution in [1.82, 2.24) is 9.13 Å². The van der Waals surface area contributed by atoms with Crippen LogP contribution in [0.1, 0.15) is 11.3 Å². The first kappa shape index (κ1) is 18.7. The summed E-state index contributed by atoms with van der Waals surface area (Å²) in [6.07, 6.45) is -4.78. The first-order valence-corrected chi connectivity index (χ1v) is 6.09. The van der Waals surface area contributed by atoms with Gasteiger partial charge in [0.25, 0.3) is 0 Å². The molecule has 0 saturated heterocycles. The van der Waals surface area contributed by atoms with Gasteiger partial charge in [0.2, 0.25) is 5.56 Å². The first-order valence-electron chi connectivity index (χ1n) is 5.71. The van der Waals surface area contributed by atoms with E-state index in [4.69, 9.17) is 11.6 Å². The van der Waals surface area contributed by atoms with Crippen molar-refractivity contribution in [3.05, 3.63) is 61.4 Å². The maximum atomic E-state index is 12.7. The summed E-state index contributed by atoms with van der Waals surface area (Å²) >= 11 is 5.73. The zero-order valence-electron chi connectivity index (χ0n) is 11.4. The van der Waals surface area contributed by atoms with Crippen LogP contribution in [-0.4, -0.2) is 9.13 Å². The van der Waals surface area contributed by atoms with Crippen molar-refractivity contribution in [2.24, 2.45) is 7.05 Å². The molecule has 0 unspecified atom stereocenters. The van der Waals surface area contributed by atoms with E-state index in [9.17, 15) is 22.8 Å². The molecule has 0 spiro atoms. The number of rotatable bonds is 1. The monoisotopic (exact) mass is 501 g/mol. The van der Waals surface area contributed by atoms with Crippen LogP contribution < -0.4 is 11.2 Å². The van der Waals surface area contributed by atoms with Gasteiger partial charge in [-0.15, -0.1) is 23.2 Å². The van der Waals surface area contributed by atoms with Crippen LogP contribution in [0.25, 0.3) is 5.69 Å². The minimum Gasteiger partial charge on any atom is -0.293 e. The average molecular weight is 502 g/mol. The Kier molecular flexibility index (Phi) is 5.46. The van der Waals surface area contributed by atoms with Crippen molar-refractivity contribution < 1.29 is 34.2 Å². The van der Waals surface area contributed by atoms with Gasteiger partial charge < -0.3 is 0 Å². The standard InChI is InChI=1S/C13H9ClF3N2O2.W/c1-7-5-8(14)3-4-9(7)19-11(20)6-10(13(15,16)17)18(2)12(19)21;/h4-6H,1-2H3;/q-1;. The third-order valence-electron chi connectivity index (χ3n) is 2.95. The fourth-order valence-corrected chi connectivity index (χ4v) is 2.14. The predicted octanol–water partition coefficient (Wildman–Crippen LogP) is 2.31. The Morgan fingerprint density at radius 3 is 2.32 bits per heavy atom. The van der Waals surface area contributed by atoms with Gasteiger partial charge in [-0.05, 0) is 0 Å². The second kappa shape index (κ2) is 6.42. The van der Waals surface area contributed by atoms with E-state index in [1.165, 1.54) is 12.1 Å². The molecule has 2 rings (SSSR count). The molecule has 9 heteroatoms. The molecule has 0 N–H and O–H groups in total. The van der Waals surface area contributed by atoms with E-state index in [1.807, 2.05) is 0 Å². The minimum atomic E-state index is -4.78. The largest absolute Gasteiger partial charge is 0.431 e. The SMILES string of the molecule is Cc1cc(Cl)[c-]cc1-n1c(=O)cc(C(F)(F)F)n(C)c1=O.[W]. The molecule has 0 amide bonds. The van der Waals surface area contributed by atoms with E-state index < -0.39 is 23.1 Å². The smallest absolute Gasteiger partial charge is 0.293 e. The molecular formula is C13H9ClF3N2O2W-. The van der Waals surface area contributed by atoms with Gasteiger partial charge in [0.1, 0.15) is 5.69 Å². The third kappa shape index (κ3) is 3.36. The summed E-state index contributed by atoms with van der Waals surface area (Å²) in [5.74, 6) is 0. The number of aromatic nitrogens is 2. The Hall–Kier alpha value is -1.33. The Balaban J connectivity index is 0.00000242. The van der Waals surface area contributed by atoms with E-state index >= 15 is 0 Å². The molecule has 0 bridgehead atoms. The molecule has 1 heterocycles. The van der Waals surface area contributed by atoms with Crippen LogP contribution in [0.4, 0.5) is 13.2 Å². The first-order chi connectivity index (χ1) is 9.62. The summed E-state index contributed by atoms with van der Waals surface area (Å²) < 4.78 is 39.3. The predicted molar refractivity (Wildman–Crippen MR) is 70.9 cm³/mol. The Morgan fingerprint density at radius 1 is 1.23 bits per heavy atom. The molecule has 1 aromatic heterocycles. The van der Waals surface area contributed by atoms with Gasteiger partial charge in [0.15, 0.2) is 0 Å². The molecular weight excluding hydrogens is 492 g/mol. The van der Waals surface area contributed by atoms with E-state index in [0.29, 0.717) is 20.8 Å². The summed E-state index contributed by atoms with van der Waals surface area (Å²) in [6, 6.07) is 5.72. The maximum absolute atomic E-state index is 12.7. The van der Waals surface area contributed by atoms with Gasteiger partial charge in [-0.3, -0.25) is 13.9 Å². The van der Waals surface area contributed by atoms with Crippen LogP contribution in [0.5, 0.6) is 0 Å². The summed E-state index contributed by atoms with van der Waals surface area (Å²) in [5, 5.41) is 0.271.